The van der Waals surface area contributed by atoms with Crippen molar-refractivity contribution in [2.45, 2.75) is 19.9 Å². The molecule has 22 heavy (non-hydrogen) atoms. The van der Waals surface area contributed by atoms with Crippen LogP contribution in [0.5, 0.6) is 0 Å². The van der Waals surface area contributed by atoms with Crippen LogP contribution in [0, 0.1) is 13.8 Å². The van der Waals surface area contributed by atoms with E-state index in [2.05, 4.69) is 22.3 Å². The van der Waals surface area contributed by atoms with Crippen LogP contribution in [-0.4, -0.2) is 31.4 Å². The zero-order chi connectivity index (χ0) is 16.1. The molecule has 2 aromatic carbocycles. The first kappa shape index (κ1) is 16.2. The van der Waals surface area contributed by atoms with E-state index < -0.39 is 0 Å². The first-order chi connectivity index (χ1) is 10.5. The SMILES string of the molecule is Cc1ccc(C)c(C(=O)NCC(c2ccccc2)N(C)C)c1. The number of hydrogen-bond donors (Lipinski definition) is 1. The largest absolute Gasteiger partial charge is 0.350 e. The van der Waals surface area contributed by atoms with Crippen LogP contribution in [0.2, 0.25) is 0 Å². The summed E-state index contributed by atoms with van der Waals surface area (Å²) in [5.74, 6) is -0.0102. The molecule has 1 amide bonds. The normalized spacial score (nSPS) is 12.2. The van der Waals surface area contributed by atoms with Crippen LogP contribution < -0.4 is 5.32 Å². The van der Waals surface area contributed by atoms with Crippen molar-refractivity contribution < 1.29 is 4.79 Å². The number of aryl methyl sites for hydroxylation is 2. The number of carbonyl (C=O) groups excluding carboxylic acids is 1. The van der Waals surface area contributed by atoms with Gasteiger partial charge >= 0.3 is 0 Å². The summed E-state index contributed by atoms with van der Waals surface area (Å²) in [6.45, 7) is 4.56. The molecule has 0 saturated heterocycles. The average Bonchev–Trinajstić information content (AvgIpc) is 2.50. The smallest absolute Gasteiger partial charge is 0.251 e. The zero-order valence-electron chi connectivity index (χ0n) is 13.8. The highest BCUT2D eigenvalue weighted by atomic mass is 16.1. The number of nitrogens with zero attached hydrogens (tertiary/aromatic N) is 1. The van der Waals surface area contributed by atoms with Gasteiger partial charge in [0.1, 0.15) is 0 Å². The molecule has 0 aliphatic rings. The van der Waals surface area contributed by atoms with Crippen molar-refractivity contribution in [3.63, 3.8) is 0 Å². The maximum Gasteiger partial charge on any atom is 0.251 e. The van der Waals surface area contributed by atoms with E-state index in [1.165, 1.54) is 5.56 Å². The fourth-order valence-electron chi connectivity index (χ4n) is 2.54. The summed E-state index contributed by atoms with van der Waals surface area (Å²) < 4.78 is 0. The minimum atomic E-state index is -0.0102. The van der Waals surface area contributed by atoms with Crippen LogP contribution in [0.1, 0.15) is 33.1 Å². The van der Waals surface area contributed by atoms with Gasteiger partial charge in [0.2, 0.25) is 0 Å². The average molecular weight is 296 g/mol. The Morgan fingerprint density at radius 1 is 1.09 bits per heavy atom. The van der Waals surface area contributed by atoms with Crippen LogP contribution in [0.15, 0.2) is 48.5 Å². The fourth-order valence-corrected chi connectivity index (χ4v) is 2.54. The van der Waals surface area contributed by atoms with Crippen molar-refractivity contribution in [1.82, 2.24) is 10.2 Å². The first-order valence-electron chi connectivity index (χ1n) is 7.56. The lowest BCUT2D eigenvalue weighted by Gasteiger charge is -2.25. The van der Waals surface area contributed by atoms with Crippen molar-refractivity contribution in [2.24, 2.45) is 0 Å². The highest BCUT2D eigenvalue weighted by Gasteiger charge is 2.16. The molecule has 2 aromatic rings. The van der Waals surface area contributed by atoms with E-state index in [-0.39, 0.29) is 11.9 Å². The second kappa shape index (κ2) is 7.23. The fraction of sp³-hybridized carbons (Fsp3) is 0.316. The molecule has 0 aromatic heterocycles. The summed E-state index contributed by atoms with van der Waals surface area (Å²) in [5, 5.41) is 3.07. The van der Waals surface area contributed by atoms with Gasteiger partial charge in [-0.15, -0.1) is 0 Å². The Morgan fingerprint density at radius 3 is 2.41 bits per heavy atom. The summed E-state index contributed by atoms with van der Waals surface area (Å²) in [6.07, 6.45) is 0. The zero-order valence-corrected chi connectivity index (χ0v) is 13.8. The Labute approximate surface area is 133 Å². The second-order valence-electron chi connectivity index (χ2n) is 5.92. The van der Waals surface area contributed by atoms with Gasteiger partial charge in [0.15, 0.2) is 0 Å². The first-order valence-corrected chi connectivity index (χ1v) is 7.56. The molecule has 1 N–H and O–H groups in total. The molecule has 0 heterocycles. The number of carbonyl (C=O) groups is 1. The number of hydrogen-bond acceptors (Lipinski definition) is 2. The van der Waals surface area contributed by atoms with E-state index in [9.17, 15) is 4.79 Å². The quantitative estimate of drug-likeness (QED) is 0.918. The molecule has 0 radical (unpaired) electrons. The summed E-state index contributed by atoms with van der Waals surface area (Å²) in [6, 6.07) is 16.4. The molecule has 1 unspecified atom stereocenters. The molecular weight excluding hydrogens is 272 g/mol. The predicted molar refractivity (Wildman–Crippen MR) is 91.1 cm³/mol. The summed E-state index contributed by atoms with van der Waals surface area (Å²) >= 11 is 0. The van der Waals surface area contributed by atoms with E-state index in [1.807, 2.05) is 64.3 Å². The highest BCUT2D eigenvalue weighted by molar-refractivity contribution is 5.95. The lowest BCUT2D eigenvalue weighted by atomic mass is 10.0. The van der Waals surface area contributed by atoms with Crippen LogP contribution in [-0.2, 0) is 0 Å². The molecule has 0 spiro atoms. The number of rotatable bonds is 5. The molecule has 0 aliphatic carbocycles. The maximum atomic E-state index is 12.4. The van der Waals surface area contributed by atoms with Crippen molar-refractivity contribution >= 4 is 5.91 Å². The number of nitrogens with one attached hydrogen (secondary N) is 1. The molecule has 2 rings (SSSR count). The van der Waals surface area contributed by atoms with Gasteiger partial charge in [-0.05, 0) is 45.1 Å². The van der Waals surface area contributed by atoms with Gasteiger partial charge in [0.25, 0.3) is 5.91 Å². The molecule has 3 heteroatoms. The molecule has 0 fully saturated rings. The summed E-state index contributed by atoms with van der Waals surface area (Å²) in [4.78, 5) is 14.6. The Morgan fingerprint density at radius 2 is 1.77 bits per heavy atom. The number of benzene rings is 2. The Balaban J connectivity index is 2.10. The third kappa shape index (κ3) is 3.95. The van der Waals surface area contributed by atoms with Gasteiger partial charge in [-0.1, -0.05) is 48.0 Å². The van der Waals surface area contributed by atoms with Crippen LogP contribution in [0.4, 0.5) is 0 Å². The number of likely N-dealkylation sites (N-methyl/N-ethyl adjacent to an activating group) is 1. The molecule has 0 bridgehead atoms. The molecule has 116 valence electrons. The van der Waals surface area contributed by atoms with Crippen LogP contribution in [0.25, 0.3) is 0 Å². The summed E-state index contributed by atoms with van der Waals surface area (Å²) in [7, 11) is 4.06. The van der Waals surface area contributed by atoms with Crippen LogP contribution in [0.3, 0.4) is 0 Å². The monoisotopic (exact) mass is 296 g/mol. The summed E-state index contributed by atoms with van der Waals surface area (Å²) in [5.41, 5.74) is 4.06. The maximum absolute atomic E-state index is 12.4. The van der Waals surface area contributed by atoms with Gasteiger partial charge in [-0.3, -0.25) is 4.79 Å². The molecule has 0 aliphatic heterocycles. The van der Waals surface area contributed by atoms with Crippen LogP contribution >= 0.6 is 0 Å². The van der Waals surface area contributed by atoms with Crippen molar-refractivity contribution in [1.29, 1.82) is 0 Å². The standard InChI is InChI=1S/C19H24N2O/c1-14-10-11-15(2)17(12-14)19(22)20-13-18(21(3)4)16-8-6-5-7-9-16/h5-12,18H,13H2,1-4H3,(H,20,22). The Kier molecular flexibility index (Phi) is 5.34. The molecule has 3 nitrogen and oxygen atoms in total. The van der Waals surface area contributed by atoms with E-state index in [1.54, 1.807) is 0 Å². The topological polar surface area (TPSA) is 32.3 Å². The minimum absolute atomic E-state index is 0.0102. The third-order valence-corrected chi connectivity index (χ3v) is 3.90. The molecular formula is C19H24N2O. The predicted octanol–water partition coefficient (Wildman–Crippen LogP) is 3.34. The van der Waals surface area contributed by atoms with Gasteiger partial charge in [-0.25, -0.2) is 0 Å². The van der Waals surface area contributed by atoms with E-state index in [0.29, 0.717) is 6.54 Å². The lowest BCUT2D eigenvalue weighted by Crippen LogP contribution is -2.34. The van der Waals surface area contributed by atoms with E-state index in [4.69, 9.17) is 0 Å². The highest BCUT2D eigenvalue weighted by Crippen LogP contribution is 2.17. The van der Waals surface area contributed by atoms with Gasteiger partial charge < -0.3 is 10.2 Å². The lowest BCUT2D eigenvalue weighted by molar-refractivity contribution is 0.0941. The third-order valence-electron chi connectivity index (χ3n) is 3.90. The van der Waals surface area contributed by atoms with Crippen molar-refractivity contribution in [2.75, 3.05) is 20.6 Å². The molecule has 1 atom stereocenters. The molecule has 0 saturated carbocycles. The second-order valence-corrected chi connectivity index (χ2v) is 5.92. The van der Waals surface area contributed by atoms with Gasteiger partial charge in [0, 0.05) is 12.1 Å². The van der Waals surface area contributed by atoms with E-state index >= 15 is 0 Å². The van der Waals surface area contributed by atoms with Crippen molar-refractivity contribution in [3.8, 4) is 0 Å². The van der Waals surface area contributed by atoms with Gasteiger partial charge in [-0.2, -0.15) is 0 Å². The van der Waals surface area contributed by atoms with Crippen molar-refractivity contribution in [3.05, 3.63) is 70.8 Å². The minimum Gasteiger partial charge on any atom is -0.350 e. The van der Waals surface area contributed by atoms with E-state index in [0.717, 1.165) is 16.7 Å². The number of amides is 1. The van der Waals surface area contributed by atoms with Gasteiger partial charge in [0.05, 0.1) is 6.04 Å². The Hall–Kier alpha value is -2.13. The Bertz CT molecular complexity index is 635.